The van der Waals surface area contributed by atoms with Crippen molar-refractivity contribution in [3.8, 4) is 0 Å². The highest BCUT2D eigenvalue weighted by atomic mass is 79.9. The summed E-state index contributed by atoms with van der Waals surface area (Å²) in [6.07, 6.45) is 0. The van der Waals surface area contributed by atoms with E-state index in [0.29, 0.717) is 6.54 Å². The van der Waals surface area contributed by atoms with Crippen LogP contribution in [-0.2, 0) is 11.3 Å². The Bertz CT molecular complexity index is 312. The Morgan fingerprint density at radius 2 is 2.36 bits per heavy atom. The van der Waals surface area contributed by atoms with Gasteiger partial charge in [-0.15, -0.1) is 11.3 Å². The second-order valence-electron chi connectivity index (χ2n) is 3.12. The molecule has 0 aromatic carbocycles. The average Bonchev–Trinajstić information content (AvgIpc) is 2.51. The second kappa shape index (κ2) is 5.48. The summed E-state index contributed by atoms with van der Waals surface area (Å²) in [4.78, 5) is 14.0. The lowest BCUT2D eigenvalue weighted by molar-refractivity contribution is -0.127. The maximum atomic E-state index is 11.2. The van der Waals surface area contributed by atoms with Gasteiger partial charge in [-0.25, -0.2) is 0 Å². The fourth-order valence-corrected chi connectivity index (χ4v) is 2.32. The highest BCUT2D eigenvalue weighted by Crippen LogP contribution is 2.19. The summed E-state index contributed by atoms with van der Waals surface area (Å²) in [5.74, 6) is 0.0978. The number of thiophene rings is 1. The van der Waals surface area contributed by atoms with E-state index >= 15 is 0 Å². The Morgan fingerprint density at radius 1 is 1.64 bits per heavy atom. The summed E-state index contributed by atoms with van der Waals surface area (Å²) in [7, 11) is 3.51. The van der Waals surface area contributed by atoms with Crippen LogP contribution in [0.1, 0.15) is 4.88 Å². The maximum Gasteiger partial charge on any atom is 0.236 e. The maximum absolute atomic E-state index is 11.2. The molecule has 0 saturated heterocycles. The Morgan fingerprint density at radius 3 is 2.86 bits per heavy atom. The first-order valence-electron chi connectivity index (χ1n) is 4.23. The molecule has 1 aromatic rings. The van der Waals surface area contributed by atoms with Gasteiger partial charge in [-0.3, -0.25) is 4.79 Å². The summed E-state index contributed by atoms with van der Waals surface area (Å²) in [5.41, 5.74) is 0. The SMILES string of the molecule is CN(C)C(=O)CNCc1cc(Br)cs1. The van der Waals surface area contributed by atoms with Crippen LogP contribution < -0.4 is 5.32 Å². The van der Waals surface area contributed by atoms with Crippen LogP contribution in [0.3, 0.4) is 0 Å². The largest absolute Gasteiger partial charge is 0.348 e. The zero-order chi connectivity index (χ0) is 10.6. The van der Waals surface area contributed by atoms with Crippen molar-refractivity contribution in [1.29, 1.82) is 0 Å². The van der Waals surface area contributed by atoms with Gasteiger partial charge in [0.25, 0.3) is 0 Å². The lowest BCUT2D eigenvalue weighted by atomic mass is 10.4. The number of halogens is 1. The Labute approximate surface area is 96.2 Å². The first-order chi connectivity index (χ1) is 6.59. The molecule has 3 nitrogen and oxygen atoms in total. The van der Waals surface area contributed by atoms with Gasteiger partial charge < -0.3 is 10.2 Å². The van der Waals surface area contributed by atoms with Crippen LogP contribution in [0, 0.1) is 0 Å². The van der Waals surface area contributed by atoms with Gasteiger partial charge in [0.2, 0.25) is 5.91 Å². The Kier molecular flexibility index (Phi) is 4.57. The highest BCUT2D eigenvalue weighted by Gasteiger charge is 2.03. The number of nitrogens with one attached hydrogen (secondary N) is 1. The minimum Gasteiger partial charge on any atom is -0.348 e. The third-order valence-corrected chi connectivity index (χ3v) is 3.39. The van der Waals surface area contributed by atoms with Crippen molar-refractivity contribution in [2.75, 3.05) is 20.6 Å². The second-order valence-corrected chi connectivity index (χ2v) is 5.03. The van der Waals surface area contributed by atoms with Crippen molar-refractivity contribution in [1.82, 2.24) is 10.2 Å². The van der Waals surface area contributed by atoms with E-state index in [4.69, 9.17) is 0 Å². The standard InChI is InChI=1S/C9H13BrN2OS/c1-12(2)9(13)5-11-4-8-3-7(10)6-14-8/h3,6,11H,4-5H2,1-2H3. The number of hydrogen-bond acceptors (Lipinski definition) is 3. The van der Waals surface area contributed by atoms with Gasteiger partial charge >= 0.3 is 0 Å². The number of nitrogens with zero attached hydrogens (tertiary/aromatic N) is 1. The molecule has 0 aliphatic rings. The number of likely N-dealkylation sites (N-methyl/N-ethyl adjacent to an activating group) is 1. The fourth-order valence-electron chi connectivity index (χ4n) is 0.897. The van der Waals surface area contributed by atoms with Crippen LogP contribution in [-0.4, -0.2) is 31.4 Å². The summed E-state index contributed by atoms with van der Waals surface area (Å²) in [6, 6.07) is 2.05. The first-order valence-corrected chi connectivity index (χ1v) is 5.90. The van der Waals surface area contributed by atoms with E-state index in [1.54, 1.807) is 30.3 Å². The van der Waals surface area contributed by atoms with Gasteiger partial charge in [-0.1, -0.05) is 0 Å². The van der Waals surface area contributed by atoms with Gasteiger partial charge in [0.15, 0.2) is 0 Å². The van der Waals surface area contributed by atoms with Gasteiger partial charge in [0.1, 0.15) is 0 Å². The van der Waals surface area contributed by atoms with Crippen molar-refractivity contribution in [3.63, 3.8) is 0 Å². The number of carbonyl (C=O) groups excluding carboxylic acids is 1. The zero-order valence-electron chi connectivity index (χ0n) is 8.21. The van der Waals surface area contributed by atoms with Crippen LogP contribution >= 0.6 is 27.3 Å². The van der Waals surface area contributed by atoms with Crippen LogP contribution in [0.2, 0.25) is 0 Å². The summed E-state index contributed by atoms with van der Waals surface area (Å²) in [6.45, 7) is 1.14. The van der Waals surface area contributed by atoms with Gasteiger partial charge in [-0.05, 0) is 22.0 Å². The molecule has 0 atom stereocenters. The number of rotatable bonds is 4. The van der Waals surface area contributed by atoms with Crippen LogP contribution in [0.25, 0.3) is 0 Å². The molecular weight excluding hydrogens is 264 g/mol. The normalized spacial score (nSPS) is 10.2. The van der Waals surface area contributed by atoms with Crippen molar-refractivity contribution in [2.45, 2.75) is 6.54 Å². The molecule has 1 rings (SSSR count). The van der Waals surface area contributed by atoms with Crippen molar-refractivity contribution >= 4 is 33.2 Å². The molecule has 0 unspecified atom stereocenters. The van der Waals surface area contributed by atoms with E-state index < -0.39 is 0 Å². The first kappa shape index (κ1) is 11.7. The smallest absolute Gasteiger partial charge is 0.236 e. The van der Waals surface area contributed by atoms with E-state index in [1.807, 2.05) is 5.38 Å². The number of carbonyl (C=O) groups is 1. The van der Waals surface area contributed by atoms with Crippen molar-refractivity contribution in [2.24, 2.45) is 0 Å². The van der Waals surface area contributed by atoms with E-state index in [0.717, 1.165) is 11.0 Å². The molecule has 1 N–H and O–H groups in total. The van der Waals surface area contributed by atoms with E-state index in [-0.39, 0.29) is 5.91 Å². The summed E-state index contributed by atoms with van der Waals surface area (Å²) in [5, 5.41) is 5.13. The molecule has 0 spiro atoms. The van der Waals surface area contributed by atoms with E-state index in [1.165, 1.54) is 4.88 Å². The molecule has 1 heterocycles. The third-order valence-electron chi connectivity index (χ3n) is 1.70. The summed E-state index contributed by atoms with van der Waals surface area (Å²) < 4.78 is 1.10. The van der Waals surface area contributed by atoms with E-state index in [9.17, 15) is 4.79 Å². The third kappa shape index (κ3) is 3.77. The molecule has 78 valence electrons. The predicted octanol–water partition coefficient (Wildman–Crippen LogP) is 1.69. The molecule has 0 aliphatic carbocycles. The lowest BCUT2D eigenvalue weighted by Crippen LogP contribution is -2.32. The molecule has 0 saturated carbocycles. The minimum absolute atomic E-state index is 0.0978. The van der Waals surface area contributed by atoms with E-state index in [2.05, 4.69) is 27.3 Å². The summed E-state index contributed by atoms with van der Waals surface area (Å²) >= 11 is 5.06. The number of hydrogen-bond donors (Lipinski definition) is 1. The van der Waals surface area contributed by atoms with Crippen LogP contribution in [0.15, 0.2) is 15.9 Å². The van der Waals surface area contributed by atoms with Gasteiger partial charge in [0, 0.05) is 35.4 Å². The van der Waals surface area contributed by atoms with Crippen molar-refractivity contribution < 1.29 is 4.79 Å². The predicted molar refractivity (Wildman–Crippen MR) is 62.4 cm³/mol. The van der Waals surface area contributed by atoms with Gasteiger partial charge in [0.05, 0.1) is 6.54 Å². The van der Waals surface area contributed by atoms with Crippen molar-refractivity contribution in [3.05, 3.63) is 20.8 Å². The minimum atomic E-state index is 0.0978. The monoisotopic (exact) mass is 276 g/mol. The fraction of sp³-hybridized carbons (Fsp3) is 0.444. The molecule has 0 aliphatic heterocycles. The highest BCUT2D eigenvalue weighted by molar-refractivity contribution is 9.10. The quantitative estimate of drug-likeness (QED) is 0.908. The number of amides is 1. The Hall–Kier alpha value is -0.390. The van der Waals surface area contributed by atoms with Gasteiger partial charge in [-0.2, -0.15) is 0 Å². The molecular formula is C9H13BrN2OS. The molecule has 5 heteroatoms. The Balaban J connectivity index is 2.25. The molecule has 14 heavy (non-hydrogen) atoms. The average molecular weight is 277 g/mol. The molecule has 0 radical (unpaired) electrons. The van der Waals surface area contributed by atoms with Crippen LogP contribution in [0.5, 0.6) is 0 Å². The molecule has 1 amide bonds. The topological polar surface area (TPSA) is 32.3 Å². The van der Waals surface area contributed by atoms with Crippen LogP contribution in [0.4, 0.5) is 0 Å². The molecule has 0 bridgehead atoms. The molecule has 0 fully saturated rings. The zero-order valence-corrected chi connectivity index (χ0v) is 10.6. The molecule has 1 aromatic heterocycles. The lowest BCUT2D eigenvalue weighted by Gasteiger charge is -2.10.